The number of aromatic nitrogens is 1. The summed E-state index contributed by atoms with van der Waals surface area (Å²) in [7, 11) is 0. The van der Waals surface area contributed by atoms with Crippen LogP contribution in [-0.2, 0) is 6.42 Å². The molecular formula is C37H33NO2. The van der Waals surface area contributed by atoms with E-state index in [0.29, 0.717) is 0 Å². The molecule has 7 aromatic rings. The molecule has 40 heavy (non-hydrogen) atoms. The monoisotopic (exact) mass is 523 g/mol. The Hall–Kier alpha value is -4.37. The smallest absolute Gasteiger partial charge is 0.147 e. The Morgan fingerprint density at radius 1 is 0.675 bits per heavy atom. The van der Waals surface area contributed by atoms with Gasteiger partial charge in [0, 0.05) is 33.3 Å². The molecule has 0 amide bonds. The van der Waals surface area contributed by atoms with Crippen LogP contribution in [0.25, 0.3) is 66.3 Å². The summed E-state index contributed by atoms with van der Waals surface area (Å²) in [6.07, 6.45) is 2.99. The number of pyridine rings is 1. The number of furan rings is 2. The van der Waals surface area contributed by atoms with Gasteiger partial charge in [0.15, 0.2) is 0 Å². The number of hydrogen-bond acceptors (Lipinski definition) is 3. The molecule has 3 aromatic heterocycles. The fraction of sp³-hybridized carbons (Fsp3) is 0.216. The molecule has 7 rings (SSSR count). The van der Waals surface area contributed by atoms with Gasteiger partial charge in [-0.2, -0.15) is 0 Å². The zero-order valence-corrected chi connectivity index (χ0v) is 24.0. The van der Waals surface area contributed by atoms with Gasteiger partial charge >= 0.3 is 0 Å². The van der Waals surface area contributed by atoms with Crippen molar-refractivity contribution in [1.82, 2.24) is 4.98 Å². The van der Waals surface area contributed by atoms with Crippen molar-refractivity contribution < 1.29 is 8.83 Å². The lowest BCUT2D eigenvalue weighted by Crippen LogP contribution is -2.09. The molecule has 0 fully saturated rings. The van der Waals surface area contributed by atoms with Crippen LogP contribution < -0.4 is 0 Å². The van der Waals surface area contributed by atoms with Crippen LogP contribution in [0.4, 0.5) is 0 Å². The summed E-state index contributed by atoms with van der Waals surface area (Å²) >= 11 is 0. The van der Waals surface area contributed by atoms with Gasteiger partial charge in [0.2, 0.25) is 0 Å². The molecule has 0 atom stereocenters. The predicted molar refractivity (Wildman–Crippen MR) is 167 cm³/mol. The van der Waals surface area contributed by atoms with E-state index in [1.165, 1.54) is 16.7 Å². The van der Waals surface area contributed by atoms with Gasteiger partial charge in [-0.15, -0.1) is 0 Å². The molecule has 0 saturated heterocycles. The molecule has 0 aliphatic heterocycles. The van der Waals surface area contributed by atoms with Gasteiger partial charge in [0.25, 0.3) is 0 Å². The van der Waals surface area contributed by atoms with Gasteiger partial charge < -0.3 is 8.83 Å². The van der Waals surface area contributed by atoms with Crippen molar-refractivity contribution in [1.29, 1.82) is 0 Å². The van der Waals surface area contributed by atoms with Gasteiger partial charge in [-0.1, -0.05) is 63.2 Å². The topological polar surface area (TPSA) is 39.2 Å². The van der Waals surface area contributed by atoms with Crippen LogP contribution >= 0.6 is 0 Å². The highest BCUT2D eigenvalue weighted by molar-refractivity contribution is 6.23. The third kappa shape index (κ3) is 3.92. The van der Waals surface area contributed by atoms with E-state index in [4.69, 9.17) is 13.8 Å². The minimum absolute atomic E-state index is 0.213. The maximum absolute atomic E-state index is 6.65. The van der Waals surface area contributed by atoms with Crippen LogP contribution in [-0.4, -0.2) is 4.98 Å². The largest absolute Gasteiger partial charge is 0.455 e. The molecule has 0 saturated carbocycles. The first-order valence-electron chi connectivity index (χ1n) is 14.0. The summed E-state index contributed by atoms with van der Waals surface area (Å²) in [5.74, 6) is 0. The van der Waals surface area contributed by atoms with Gasteiger partial charge in [-0.05, 0) is 90.8 Å². The van der Waals surface area contributed by atoms with Gasteiger partial charge in [0.1, 0.15) is 22.3 Å². The standard InChI is InChI=1S/C37H33NO2/c1-21-10-7-14-30-32(21)27-17-28-33-22(2)11-8-15-31(33)40-36(28)34(35(27)39-30)26-18-29(38-20-23(26)3)25-13-9-12-24(16-25)19-37(4,5)6/h7-18,20H,19H2,1-6H3. The maximum atomic E-state index is 6.65. The molecule has 0 aliphatic rings. The summed E-state index contributed by atoms with van der Waals surface area (Å²) in [6.45, 7) is 13.3. The molecule has 0 unspecified atom stereocenters. The van der Waals surface area contributed by atoms with E-state index in [0.717, 1.165) is 78.2 Å². The van der Waals surface area contributed by atoms with Crippen LogP contribution in [0.1, 0.15) is 43.0 Å². The lowest BCUT2D eigenvalue weighted by molar-refractivity contribution is 0.411. The second-order valence-corrected chi connectivity index (χ2v) is 12.4. The summed E-state index contributed by atoms with van der Waals surface area (Å²) < 4.78 is 13.3. The number of nitrogens with zero attached hydrogens (tertiary/aromatic N) is 1. The van der Waals surface area contributed by atoms with Crippen LogP contribution in [0, 0.1) is 26.2 Å². The van der Waals surface area contributed by atoms with Crippen molar-refractivity contribution in [3.8, 4) is 22.4 Å². The molecule has 0 spiro atoms. The summed E-state index contributed by atoms with van der Waals surface area (Å²) in [5, 5.41) is 4.55. The first kappa shape index (κ1) is 24.7. The third-order valence-electron chi connectivity index (χ3n) is 7.99. The van der Waals surface area contributed by atoms with E-state index in [1.54, 1.807) is 0 Å². The van der Waals surface area contributed by atoms with Crippen molar-refractivity contribution in [2.45, 2.75) is 48.0 Å². The minimum atomic E-state index is 0.213. The van der Waals surface area contributed by atoms with Gasteiger partial charge in [-0.25, -0.2) is 0 Å². The van der Waals surface area contributed by atoms with E-state index in [9.17, 15) is 0 Å². The third-order valence-corrected chi connectivity index (χ3v) is 7.99. The van der Waals surface area contributed by atoms with Crippen LogP contribution in [0.3, 0.4) is 0 Å². The number of benzene rings is 4. The van der Waals surface area contributed by atoms with E-state index < -0.39 is 0 Å². The molecule has 0 bridgehead atoms. The lowest BCUT2D eigenvalue weighted by Gasteiger charge is -2.18. The molecule has 4 aromatic carbocycles. The number of fused-ring (bicyclic) bond motifs is 6. The molecule has 3 heterocycles. The Balaban J connectivity index is 1.56. The Morgan fingerprint density at radius 2 is 1.27 bits per heavy atom. The summed E-state index contributed by atoms with van der Waals surface area (Å²) in [5.41, 5.74) is 12.7. The predicted octanol–water partition coefficient (Wildman–Crippen LogP) is 10.7. The second kappa shape index (κ2) is 8.82. The van der Waals surface area contributed by atoms with Crippen molar-refractivity contribution in [3.63, 3.8) is 0 Å². The molecule has 3 nitrogen and oxygen atoms in total. The Morgan fingerprint density at radius 3 is 1.88 bits per heavy atom. The first-order valence-corrected chi connectivity index (χ1v) is 14.0. The molecule has 0 N–H and O–H groups in total. The summed E-state index contributed by atoms with van der Waals surface area (Å²) in [4.78, 5) is 4.88. The van der Waals surface area contributed by atoms with E-state index in [-0.39, 0.29) is 5.41 Å². The summed E-state index contributed by atoms with van der Waals surface area (Å²) in [6, 6.07) is 25.8. The van der Waals surface area contributed by atoms with E-state index in [1.807, 2.05) is 6.20 Å². The fourth-order valence-electron chi connectivity index (χ4n) is 6.24. The SMILES string of the molecule is Cc1cnc(-c2cccc(CC(C)(C)C)c2)cc1-c1c2oc3cccc(C)c3c2cc2c1oc1cccc(C)c12. The van der Waals surface area contributed by atoms with Crippen molar-refractivity contribution in [2.75, 3.05) is 0 Å². The highest BCUT2D eigenvalue weighted by atomic mass is 16.3. The van der Waals surface area contributed by atoms with E-state index >= 15 is 0 Å². The quantitative estimate of drug-likeness (QED) is 0.231. The van der Waals surface area contributed by atoms with Crippen molar-refractivity contribution >= 4 is 43.9 Å². The fourth-order valence-corrected chi connectivity index (χ4v) is 6.24. The lowest BCUT2D eigenvalue weighted by atomic mass is 9.87. The van der Waals surface area contributed by atoms with Gasteiger partial charge in [0.05, 0.1) is 11.3 Å². The Labute approximate surface area is 234 Å². The highest BCUT2D eigenvalue weighted by Gasteiger charge is 2.24. The van der Waals surface area contributed by atoms with Crippen LogP contribution in [0.2, 0.25) is 0 Å². The van der Waals surface area contributed by atoms with Crippen LogP contribution in [0.15, 0.2) is 87.8 Å². The van der Waals surface area contributed by atoms with Gasteiger partial charge in [-0.3, -0.25) is 4.98 Å². The molecular weight excluding hydrogens is 490 g/mol. The molecule has 0 aliphatic carbocycles. The zero-order chi connectivity index (χ0) is 27.8. The Bertz CT molecular complexity index is 2000. The van der Waals surface area contributed by atoms with Crippen molar-refractivity contribution in [3.05, 3.63) is 101 Å². The normalized spacial score (nSPS) is 12.3. The Kier molecular flexibility index (Phi) is 5.44. The maximum Gasteiger partial charge on any atom is 0.147 e. The second-order valence-electron chi connectivity index (χ2n) is 12.4. The first-order chi connectivity index (χ1) is 19.2. The average molecular weight is 524 g/mol. The zero-order valence-electron chi connectivity index (χ0n) is 24.0. The van der Waals surface area contributed by atoms with Crippen LogP contribution in [0.5, 0.6) is 0 Å². The highest BCUT2D eigenvalue weighted by Crippen LogP contribution is 2.46. The molecule has 3 heteroatoms. The molecule has 198 valence electrons. The molecule has 0 radical (unpaired) electrons. The van der Waals surface area contributed by atoms with E-state index in [2.05, 4.69) is 114 Å². The average Bonchev–Trinajstić information content (AvgIpc) is 3.46. The number of hydrogen-bond donors (Lipinski definition) is 0. The number of aryl methyl sites for hydroxylation is 3. The van der Waals surface area contributed by atoms with Crippen molar-refractivity contribution in [2.24, 2.45) is 5.41 Å². The number of rotatable bonds is 3. The minimum Gasteiger partial charge on any atom is -0.455 e.